The molecule has 5 heteroatoms. The average Bonchev–Trinajstić information content (AvgIpc) is 3.92. The summed E-state index contributed by atoms with van der Waals surface area (Å²) in [4.78, 5) is 2.57. The van der Waals surface area contributed by atoms with Gasteiger partial charge in [0.05, 0.1) is 22.5 Å². The van der Waals surface area contributed by atoms with Crippen LogP contribution in [-0.4, -0.2) is 7.28 Å². The standard InChI is InChI=1S/C61H44BN2OS/c1-60(2,3)41-34-35-50(45(36-41)38-20-7-4-8-21-38)64-51-37-46-42-26-13-17-32-52(42)65-58(46)54(55(51)62-59-57(64)43-27-14-18-33-53(43)66-59)44-28-19-30-48-56(44)63-49-31-16-15-29-47(49)61(48,39-22-9-5-10-23-39)40-24-11-6-12-25-40/h4-37,63H,1-3H3. The van der Waals surface area contributed by atoms with Gasteiger partial charge in [0.15, 0.2) is 0 Å². The second-order valence-electron chi connectivity index (χ2n) is 18.7. The Labute approximate surface area is 389 Å². The minimum Gasteiger partial charge on any atom is -0.455 e. The second-order valence-corrected chi connectivity index (χ2v) is 19.8. The summed E-state index contributed by atoms with van der Waals surface area (Å²) in [5, 5.41) is 7.49. The summed E-state index contributed by atoms with van der Waals surface area (Å²) in [6.45, 7) is 6.91. The van der Waals surface area contributed by atoms with E-state index in [0.29, 0.717) is 0 Å². The van der Waals surface area contributed by atoms with Crippen LogP contribution in [0.5, 0.6) is 0 Å². The topological polar surface area (TPSA) is 28.4 Å². The van der Waals surface area contributed by atoms with Gasteiger partial charge in [-0.3, -0.25) is 0 Å². The Morgan fingerprint density at radius 1 is 0.561 bits per heavy atom. The number of para-hydroxylation sites is 3. The van der Waals surface area contributed by atoms with Crippen molar-refractivity contribution in [2.24, 2.45) is 0 Å². The molecular weight excluding hydrogens is 820 g/mol. The molecule has 0 amide bonds. The molecule has 2 aliphatic heterocycles. The van der Waals surface area contributed by atoms with E-state index in [9.17, 15) is 0 Å². The molecule has 0 aliphatic carbocycles. The van der Waals surface area contributed by atoms with Crippen LogP contribution in [0.1, 0.15) is 48.6 Å². The summed E-state index contributed by atoms with van der Waals surface area (Å²) < 4.78 is 9.63. The minimum absolute atomic E-state index is 0.0440. The van der Waals surface area contributed by atoms with E-state index in [1.54, 1.807) is 0 Å². The number of anilines is 5. The van der Waals surface area contributed by atoms with Crippen molar-refractivity contribution in [2.45, 2.75) is 31.6 Å². The van der Waals surface area contributed by atoms with Crippen LogP contribution in [0.3, 0.4) is 0 Å². The number of fused-ring (bicyclic) bond motifs is 9. The molecule has 0 saturated heterocycles. The van der Waals surface area contributed by atoms with Crippen LogP contribution in [0.4, 0.5) is 28.4 Å². The lowest BCUT2D eigenvalue weighted by atomic mass is 9.60. The molecule has 11 aromatic rings. The van der Waals surface area contributed by atoms with Gasteiger partial charge in [-0.05, 0) is 85.4 Å². The smallest absolute Gasteiger partial charge is 0.212 e. The molecule has 9 aromatic carbocycles. The fourth-order valence-corrected chi connectivity index (χ4v) is 12.1. The zero-order valence-corrected chi connectivity index (χ0v) is 37.8. The minimum atomic E-state index is -0.620. The first-order chi connectivity index (χ1) is 32.4. The Kier molecular flexibility index (Phi) is 8.66. The number of furan rings is 1. The lowest BCUT2D eigenvalue weighted by Crippen LogP contribution is -2.39. The van der Waals surface area contributed by atoms with Crippen LogP contribution >= 0.6 is 11.3 Å². The summed E-state index contributed by atoms with van der Waals surface area (Å²) in [6.07, 6.45) is 0. The maximum atomic E-state index is 7.16. The highest BCUT2D eigenvalue weighted by atomic mass is 32.1. The van der Waals surface area contributed by atoms with Gasteiger partial charge in [0, 0.05) is 48.9 Å². The predicted molar refractivity (Wildman–Crippen MR) is 280 cm³/mol. The highest BCUT2D eigenvalue weighted by Crippen LogP contribution is 2.57. The van der Waals surface area contributed by atoms with Crippen molar-refractivity contribution in [1.82, 2.24) is 0 Å². The van der Waals surface area contributed by atoms with Crippen molar-refractivity contribution in [3.63, 3.8) is 0 Å². The first-order valence-corrected chi connectivity index (χ1v) is 23.7. The molecule has 13 rings (SSSR count). The van der Waals surface area contributed by atoms with Gasteiger partial charge in [0.2, 0.25) is 7.28 Å². The van der Waals surface area contributed by atoms with Gasteiger partial charge in [-0.1, -0.05) is 191 Å². The summed E-state index contributed by atoms with van der Waals surface area (Å²) in [5.41, 5.74) is 18.5. The van der Waals surface area contributed by atoms with E-state index in [2.05, 4.69) is 245 Å². The van der Waals surface area contributed by atoms with E-state index in [1.807, 2.05) is 11.3 Å². The number of hydrogen-bond donors (Lipinski definition) is 1. The van der Waals surface area contributed by atoms with E-state index >= 15 is 0 Å². The van der Waals surface area contributed by atoms with Crippen LogP contribution < -0.4 is 20.5 Å². The monoisotopic (exact) mass is 863 g/mol. The molecule has 4 heterocycles. The first-order valence-electron chi connectivity index (χ1n) is 22.8. The van der Waals surface area contributed by atoms with Gasteiger partial charge < -0.3 is 14.6 Å². The van der Waals surface area contributed by atoms with Crippen molar-refractivity contribution in [1.29, 1.82) is 0 Å². The molecule has 0 saturated carbocycles. The lowest BCUT2D eigenvalue weighted by Gasteiger charge is -2.43. The van der Waals surface area contributed by atoms with Gasteiger partial charge in [-0.25, -0.2) is 0 Å². The Balaban J connectivity index is 1.17. The number of nitrogens with one attached hydrogen (secondary N) is 1. The van der Waals surface area contributed by atoms with Gasteiger partial charge in [0.1, 0.15) is 11.2 Å². The maximum Gasteiger partial charge on any atom is 0.212 e. The van der Waals surface area contributed by atoms with Gasteiger partial charge >= 0.3 is 0 Å². The van der Waals surface area contributed by atoms with E-state index in [1.165, 1.54) is 59.5 Å². The quantitative estimate of drug-likeness (QED) is 0.175. The van der Waals surface area contributed by atoms with E-state index < -0.39 is 5.41 Å². The predicted octanol–water partition coefficient (Wildman–Crippen LogP) is 15.3. The molecule has 0 spiro atoms. The highest BCUT2D eigenvalue weighted by molar-refractivity contribution is 7.29. The van der Waals surface area contributed by atoms with Crippen LogP contribution in [0, 0.1) is 0 Å². The van der Waals surface area contributed by atoms with Crippen molar-refractivity contribution >= 4 is 89.3 Å². The third kappa shape index (κ3) is 5.69. The summed E-state index contributed by atoms with van der Waals surface area (Å²) in [6, 6.07) is 75.6. The third-order valence-electron chi connectivity index (χ3n) is 14.0. The Hall–Kier alpha value is -7.60. The largest absolute Gasteiger partial charge is 0.455 e. The SMILES string of the molecule is CC(C)(C)c1ccc(N2c3cc4c(oc5ccccc54)c(-c4cccc5c4Nc4ccccc4C5(c4ccccc4)c4ccccc4)c3[B]c3sc4ccccc4c32)c(-c2ccccc2)c1. The van der Waals surface area contributed by atoms with E-state index in [4.69, 9.17) is 4.42 Å². The molecular formula is C61H44BN2OS. The molecule has 1 radical (unpaired) electrons. The van der Waals surface area contributed by atoms with Crippen molar-refractivity contribution in [3.05, 3.63) is 234 Å². The van der Waals surface area contributed by atoms with Crippen LogP contribution in [-0.2, 0) is 10.8 Å². The fraction of sp³-hybridized carbons (Fsp3) is 0.0820. The average molecular weight is 864 g/mol. The summed E-state index contributed by atoms with van der Waals surface area (Å²) >= 11 is 1.86. The zero-order chi connectivity index (χ0) is 44.1. The van der Waals surface area contributed by atoms with Crippen molar-refractivity contribution in [3.8, 4) is 22.3 Å². The molecule has 313 valence electrons. The number of hydrogen-bond acceptors (Lipinski definition) is 4. The molecule has 0 fully saturated rings. The van der Waals surface area contributed by atoms with Crippen molar-refractivity contribution < 1.29 is 4.42 Å². The summed E-state index contributed by atoms with van der Waals surface area (Å²) in [7, 11) is 2.44. The molecule has 3 nitrogen and oxygen atoms in total. The highest BCUT2D eigenvalue weighted by Gasteiger charge is 2.45. The number of rotatable bonds is 5. The van der Waals surface area contributed by atoms with Crippen molar-refractivity contribution in [2.75, 3.05) is 10.2 Å². The number of benzene rings is 9. The Morgan fingerprint density at radius 2 is 1.21 bits per heavy atom. The molecule has 2 aromatic heterocycles. The Morgan fingerprint density at radius 3 is 1.97 bits per heavy atom. The lowest BCUT2D eigenvalue weighted by molar-refractivity contribution is 0.590. The molecule has 0 unspecified atom stereocenters. The molecule has 66 heavy (non-hydrogen) atoms. The fourth-order valence-electron chi connectivity index (χ4n) is 11.0. The van der Waals surface area contributed by atoms with E-state index in [0.717, 1.165) is 61.3 Å². The van der Waals surface area contributed by atoms with Gasteiger partial charge in [0.25, 0.3) is 0 Å². The number of thiophene rings is 1. The summed E-state index contributed by atoms with van der Waals surface area (Å²) in [5.74, 6) is 0. The molecule has 1 N–H and O–H groups in total. The number of nitrogens with zero attached hydrogens (tertiary/aromatic N) is 1. The molecule has 0 bridgehead atoms. The zero-order valence-electron chi connectivity index (χ0n) is 37.0. The maximum absolute atomic E-state index is 7.16. The van der Waals surface area contributed by atoms with Crippen LogP contribution in [0.15, 0.2) is 211 Å². The van der Waals surface area contributed by atoms with Crippen LogP contribution in [0.25, 0.3) is 54.3 Å². The molecule has 2 aliphatic rings. The Bertz CT molecular complexity index is 3660. The van der Waals surface area contributed by atoms with Gasteiger partial charge in [-0.2, -0.15) is 0 Å². The molecule has 0 atom stereocenters. The van der Waals surface area contributed by atoms with E-state index in [-0.39, 0.29) is 5.41 Å². The third-order valence-corrected chi connectivity index (χ3v) is 15.1. The normalized spacial score (nSPS) is 13.7. The van der Waals surface area contributed by atoms with Crippen LogP contribution in [0.2, 0.25) is 0 Å². The first kappa shape index (κ1) is 38.8. The second kappa shape index (κ2) is 14.7. The van der Waals surface area contributed by atoms with Gasteiger partial charge in [-0.15, -0.1) is 11.3 Å².